The Morgan fingerprint density at radius 3 is 2.71 bits per heavy atom. The first-order chi connectivity index (χ1) is 11.7. The molecule has 0 N–H and O–H groups in total. The third kappa shape index (κ3) is 2.79. The smallest absolute Gasteiger partial charge is 0.201 e. The van der Waals surface area contributed by atoms with Crippen molar-refractivity contribution >= 4 is 29.0 Å². The molecule has 7 heteroatoms. The summed E-state index contributed by atoms with van der Waals surface area (Å²) in [7, 11) is 0. The lowest BCUT2D eigenvalue weighted by molar-refractivity contribution is 0.571. The SMILES string of the molecule is CCSc1nc(-c2ccco2)n2nc(-c3ccc(Cl)cc3)cc2n1. The highest BCUT2D eigenvalue weighted by Crippen LogP contribution is 2.26. The quantitative estimate of drug-likeness (QED) is 0.491. The molecule has 0 radical (unpaired) electrons. The first-order valence-electron chi connectivity index (χ1n) is 7.45. The van der Waals surface area contributed by atoms with Crippen LogP contribution in [0, 0.1) is 0 Å². The second-order valence-corrected chi connectivity index (χ2v) is 6.71. The van der Waals surface area contributed by atoms with Crippen LogP contribution in [0.5, 0.6) is 0 Å². The molecule has 4 aromatic rings. The number of benzene rings is 1. The van der Waals surface area contributed by atoms with E-state index in [0.717, 1.165) is 22.7 Å². The van der Waals surface area contributed by atoms with Crippen molar-refractivity contribution in [2.24, 2.45) is 0 Å². The van der Waals surface area contributed by atoms with E-state index in [1.165, 1.54) is 0 Å². The molecule has 3 aromatic heterocycles. The summed E-state index contributed by atoms with van der Waals surface area (Å²) in [6.07, 6.45) is 1.62. The molecule has 5 nitrogen and oxygen atoms in total. The van der Waals surface area contributed by atoms with E-state index in [1.54, 1.807) is 22.5 Å². The zero-order chi connectivity index (χ0) is 16.5. The van der Waals surface area contributed by atoms with Crippen LogP contribution in [0.1, 0.15) is 6.92 Å². The molecule has 0 aliphatic rings. The Hall–Kier alpha value is -2.31. The molecular weight excluding hydrogens is 344 g/mol. The fourth-order valence-electron chi connectivity index (χ4n) is 2.39. The van der Waals surface area contributed by atoms with Gasteiger partial charge in [-0.3, -0.25) is 0 Å². The van der Waals surface area contributed by atoms with E-state index in [4.69, 9.17) is 16.0 Å². The van der Waals surface area contributed by atoms with Gasteiger partial charge in [0.2, 0.25) is 5.82 Å². The van der Waals surface area contributed by atoms with Crippen molar-refractivity contribution in [3.8, 4) is 22.8 Å². The highest BCUT2D eigenvalue weighted by Gasteiger charge is 2.15. The fourth-order valence-corrected chi connectivity index (χ4v) is 3.08. The zero-order valence-electron chi connectivity index (χ0n) is 12.8. The first kappa shape index (κ1) is 15.2. The molecular formula is C17H13ClN4OS. The van der Waals surface area contributed by atoms with Gasteiger partial charge in [-0.2, -0.15) is 14.6 Å². The number of rotatable bonds is 4. The number of nitrogens with zero attached hydrogens (tertiary/aromatic N) is 4. The van der Waals surface area contributed by atoms with E-state index < -0.39 is 0 Å². The molecule has 0 aliphatic carbocycles. The molecule has 0 saturated carbocycles. The molecule has 0 aliphatic heterocycles. The molecule has 0 bridgehead atoms. The van der Waals surface area contributed by atoms with Gasteiger partial charge in [-0.15, -0.1) is 0 Å². The minimum atomic E-state index is 0.640. The van der Waals surface area contributed by atoms with E-state index >= 15 is 0 Å². The van der Waals surface area contributed by atoms with Gasteiger partial charge in [-0.1, -0.05) is 42.4 Å². The summed E-state index contributed by atoms with van der Waals surface area (Å²) in [5.74, 6) is 2.19. The zero-order valence-corrected chi connectivity index (χ0v) is 14.4. The van der Waals surface area contributed by atoms with E-state index in [9.17, 15) is 0 Å². The Labute approximate surface area is 147 Å². The van der Waals surface area contributed by atoms with Gasteiger partial charge in [0.25, 0.3) is 0 Å². The molecule has 0 unspecified atom stereocenters. The molecule has 0 fully saturated rings. The molecule has 0 spiro atoms. The minimum Gasteiger partial charge on any atom is -0.461 e. The van der Waals surface area contributed by atoms with Crippen molar-refractivity contribution in [2.45, 2.75) is 12.1 Å². The lowest BCUT2D eigenvalue weighted by atomic mass is 10.2. The molecule has 4 rings (SSSR count). The first-order valence-corrected chi connectivity index (χ1v) is 8.81. The number of halogens is 1. The van der Waals surface area contributed by atoms with E-state index in [2.05, 4.69) is 22.0 Å². The van der Waals surface area contributed by atoms with Crippen LogP contribution in [-0.4, -0.2) is 25.3 Å². The van der Waals surface area contributed by atoms with Crippen LogP contribution in [0.25, 0.3) is 28.5 Å². The molecule has 0 amide bonds. The Morgan fingerprint density at radius 2 is 2.00 bits per heavy atom. The van der Waals surface area contributed by atoms with E-state index in [0.29, 0.717) is 21.8 Å². The molecule has 1 aromatic carbocycles. The second-order valence-electron chi connectivity index (χ2n) is 5.05. The topological polar surface area (TPSA) is 56.2 Å². The number of aromatic nitrogens is 4. The Balaban J connectivity index is 1.91. The largest absolute Gasteiger partial charge is 0.461 e. The molecule has 3 heterocycles. The maximum atomic E-state index is 5.96. The normalized spacial score (nSPS) is 11.2. The minimum absolute atomic E-state index is 0.640. The van der Waals surface area contributed by atoms with Crippen LogP contribution in [0.3, 0.4) is 0 Å². The van der Waals surface area contributed by atoms with Crippen molar-refractivity contribution in [1.82, 2.24) is 19.6 Å². The van der Waals surface area contributed by atoms with Crippen LogP contribution in [-0.2, 0) is 0 Å². The van der Waals surface area contributed by atoms with Crippen molar-refractivity contribution in [2.75, 3.05) is 5.75 Å². The van der Waals surface area contributed by atoms with Gasteiger partial charge in [0, 0.05) is 16.7 Å². The van der Waals surface area contributed by atoms with Crippen molar-refractivity contribution < 1.29 is 4.42 Å². The number of thioether (sulfide) groups is 1. The summed E-state index contributed by atoms with van der Waals surface area (Å²) in [5, 5.41) is 6.05. The Kier molecular flexibility index (Phi) is 4.00. The third-order valence-electron chi connectivity index (χ3n) is 3.46. The number of fused-ring (bicyclic) bond motifs is 1. The van der Waals surface area contributed by atoms with Crippen LogP contribution in [0.2, 0.25) is 5.02 Å². The van der Waals surface area contributed by atoms with Gasteiger partial charge >= 0.3 is 0 Å². The Morgan fingerprint density at radius 1 is 1.17 bits per heavy atom. The van der Waals surface area contributed by atoms with Crippen LogP contribution in [0.4, 0.5) is 0 Å². The monoisotopic (exact) mass is 356 g/mol. The summed E-state index contributed by atoms with van der Waals surface area (Å²) in [5.41, 5.74) is 2.52. The van der Waals surface area contributed by atoms with Gasteiger partial charge < -0.3 is 4.42 Å². The summed E-state index contributed by atoms with van der Waals surface area (Å²) >= 11 is 7.55. The van der Waals surface area contributed by atoms with Gasteiger partial charge in [0.1, 0.15) is 0 Å². The van der Waals surface area contributed by atoms with Gasteiger partial charge in [0.15, 0.2) is 16.6 Å². The lowest BCUT2D eigenvalue weighted by Crippen LogP contribution is -2.01. The van der Waals surface area contributed by atoms with Crippen molar-refractivity contribution in [3.63, 3.8) is 0 Å². The maximum absolute atomic E-state index is 5.96. The summed E-state index contributed by atoms with van der Waals surface area (Å²) < 4.78 is 7.22. The van der Waals surface area contributed by atoms with E-state index in [1.807, 2.05) is 42.5 Å². The van der Waals surface area contributed by atoms with Gasteiger partial charge in [-0.05, 0) is 30.0 Å². The predicted octanol–water partition coefficient (Wildman–Crippen LogP) is 4.82. The fraction of sp³-hybridized carbons (Fsp3) is 0.118. The van der Waals surface area contributed by atoms with Crippen molar-refractivity contribution in [3.05, 3.63) is 53.8 Å². The van der Waals surface area contributed by atoms with Crippen molar-refractivity contribution in [1.29, 1.82) is 0 Å². The molecule has 24 heavy (non-hydrogen) atoms. The van der Waals surface area contributed by atoms with Gasteiger partial charge in [-0.25, -0.2) is 4.98 Å². The van der Waals surface area contributed by atoms with Crippen LogP contribution >= 0.6 is 23.4 Å². The Bertz CT molecular complexity index is 980. The second kappa shape index (κ2) is 6.30. The number of hydrogen-bond donors (Lipinski definition) is 0. The average Bonchev–Trinajstić information content (AvgIpc) is 3.24. The average molecular weight is 357 g/mol. The van der Waals surface area contributed by atoms with Crippen LogP contribution < -0.4 is 0 Å². The molecule has 0 saturated heterocycles. The highest BCUT2D eigenvalue weighted by atomic mass is 35.5. The lowest BCUT2D eigenvalue weighted by Gasteiger charge is -2.03. The summed E-state index contributed by atoms with van der Waals surface area (Å²) in [6.45, 7) is 2.07. The molecule has 120 valence electrons. The van der Waals surface area contributed by atoms with E-state index in [-0.39, 0.29) is 0 Å². The third-order valence-corrected chi connectivity index (χ3v) is 4.44. The number of hydrogen-bond acceptors (Lipinski definition) is 5. The molecule has 0 atom stereocenters. The number of furan rings is 1. The maximum Gasteiger partial charge on any atom is 0.201 e. The summed E-state index contributed by atoms with van der Waals surface area (Å²) in [6, 6.07) is 13.2. The summed E-state index contributed by atoms with van der Waals surface area (Å²) in [4.78, 5) is 9.18. The van der Waals surface area contributed by atoms with Crippen LogP contribution in [0.15, 0.2) is 58.3 Å². The van der Waals surface area contributed by atoms with Gasteiger partial charge in [0.05, 0.1) is 12.0 Å². The predicted molar refractivity (Wildman–Crippen MR) is 95.3 cm³/mol. The highest BCUT2D eigenvalue weighted by molar-refractivity contribution is 7.99. The standard InChI is InChI=1S/C17H13ClN4OS/c1-2-24-17-19-15-10-13(11-5-7-12(18)8-6-11)21-22(15)16(20-17)14-4-3-9-23-14/h3-10H,2H2,1H3.